The van der Waals surface area contributed by atoms with Crippen LogP contribution in [0, 0.1) is 0 Å². The number of carbonyl (C=O) groups is 3. The smallest absolute Gasteiger partial charge is 0.370 e. The molecule has 0 fully saturated rings. The quantitative estimate of drug-likeness (QED) is 0.587. The lowest BCUT2D eigenvalue weighted by Gasteiger charge is -2.27. The molecular weight excluding hydrogens is 334 g/mol. The standard InChI is InChI=1S/C16H21NO6S/c1-4-21-14(19)12(17)16(2,3)24-15(20)23-10-22-13(18)11-8-6-5-7-9-11/h5-9,12H,4,10,17H2,1-3H3/t12-/m0/s1. The van der Waals surface area contributed by atoms with Gasteiger partial charge in [-0.3, -0.25) is 4.79 Å². The summed E-state index contributed by atoms with van der Waals surface area (Å²) in [6, 6.07) is 7.32. The summed E-state index contributed by atoms with van der Waals surface area (Å²) in [6.45, 7) is 4.59. The number of nitrogens with two attached hydrogens (primary N) is 1. The molecule has 1 rings (SSSR count). The van der Waals surface area contributed by atoms with Crippen LogP contribution in [0.1, 0.15) is 31.1 Å². The van der Waals surface area contributed by atoms with Gasteiger partial charge in [-0.1, -0.05) is 18.2 Å². The lowest BCUT2D eigenvalue weighted by atomic mass is 10.1. The van der Waals surface area contributed by atoms with Crippen LogP contribution in [0.25, 0.3) is 0 Å². The summed E-state index contributed by atoms with van der Waals surface area (Å²) < 4.78 is 13.6. The van der Waals surface area contributed by atoms with E-state index in [1.54, 1.807) is 51.1 Å². The molecule has 0 saturated heterocycles. The SMILES string of the molecule is CCOC(=O)[C@H](N)C(C)(C)SC(=O)OCOC(=O)c1ccccc1. The Hall–Kier alpha value is -2.06. The Morgan fingerprint density at radius 2 is 1.75 bits per heavy atom. The first-order valence-corrected chi connectivity index (χ1v) is 8.09. The number of rotatable bonds is 7. The van der Waals surface area contributed by atoms with Crippen molar-refractivity contribution in [2.45, 2.75) is 31.6 Å². The zero-order valence-electron chi connectivity index (χ0n) is 13.8. The van der Waals surface area contributed by atoms with Gasteiger partial charge < -0.3 is 19.9 Å². The molecule has 0 unspecified atom stereocenters. The minimum atomic E-state index is -0.998. The summed E-state index contributed by atoms with van der Waals surface area (Å²) in [7, 11) is 0. The van der Waals surface area contributed by atoms with Crippen LogP contribution in [0.3, 0.4) is 0 Å². The maximum Gasteiger partial charge on any atom is 0.370 e. The molecule has 1 aromatic carbocycles. The summed E-state index contributed by atoms with van der Waals surface area (Å²) in [6.07, 6.45) is 0. The van der Waals surface area contributed by atoms with Crippen molar-refractivity contribution in [2.24, 2.45) is 5.73 Å². The fourth-order valence-electron chi connectivity index (χ4n) is 1.61. The van der Waals surface area contributed by atoms with Gasteiger partial charge in [0.05, 0.1) is 12.2 Å². The van der Waals surface area contributed by atoms with E-state index in [9.17, 15) is 14.4 Å². The number of hydrogen-bond acceptors (Lipinski definition) is 8. The predicted molar refractivity (Wildman–Crippen MR) is 89.5 cm³/mol. The Labute approximate surface area is 144 Å². The second-order valence-electron chi connectivity index (χ2n) is 5.25. The number of esters is 2. The van der Waals surface area contributed by atoms with E-state index >= 15 is 0 Å². The average molecular weight is 355 g/mol. The fourth-order valence-corrected chi connectivity index (χ4v) is 2.37. The Kier molecular flexibility index (Phi) is 7.73. The minimum absolute atomic E-state index is 0.202. The largest absolute Gasteiger partial charge is 0.465 e. The van der Waals surface area contributed by atoms with Crippen molar-refractivity contribution in [2.75, 3.05) is 13.4 Å². The van der Waals surface area contributed by atoms with Gasteiger partial charge in [0.25, 0.3) is 0 Å². The Morgan fingerprint density at radius 3 is 2.33 bits per heavy atom. The van der Waals surface area contributed by atoms with E-state index in [-0.39, 0.29) is 6.61 Å². The molecule has 24 heavy (non-hydrogen) atoms. The number of ether oxygens (including phenoxy) is 3. The second-order valence-corrected chi connectivity index (χ2v) is 6.83. The van der Waals surface area contributed by atoms with E-state index in [0.717, 1.165) is 11.8 Å². The van der Waals surface area contributed by atoms with Gasteiger partial charge in [0.15, 0.2) is 0 Å². The third-order valence-corrected chi connectivity index (χ3v) is 4.08. The predicted octanol–water partition coefficient (Wildman–Crippen LogP) is 2.34. The Balaban J connectivity index is 2.42. The molecule has 0 aliphatic rings. The number of hydrogen-bond donors (Lipinski definition) is 1. The Bertz CT molecular complexity index is 575. The lowest BCUT2D eigenvalue weighted by Crippen LogP contribution is -2.48. The van der Waals surface area contributed by atoms with Crippen molar-refractivity contribution in [3.63, 3.8) is 0 Å². The van der Waals surface area contributed by atoms with Crippen LogP contribution in [0.5, 0.6) is 0 Å². The van der Waals surface area contributed by atoms with Gasteiger partial charge in [-0.25, -0.2) is 9.59 Å². The lowest BCUT2D eigenvalue weighted by molar-refractivity contribution is -0.145. The van der Waals surface area contributed by atoms with Crippen molar-refractivity contribution in [3.8, 4) is 0 Å². The fraction of sp³-hybridized carbons (Fsp3) is 0.438. The van der Waals surface area contributed by atoms with Crippen LogP contribution in [0.2, 0.25) is 0 Å². The molecule has 0 bridgehead atoms. The molecule has 0 heterocycles. The van der Waals surface area contributed by atoms with Crippen LogP contribution in [-0.4, -0.2) is 41.4 Å². The highest BCUT2D eigenvalue weighted by Crippen LogP contribution is 2.29. The van der Waals surface area contributed by atoms with Gasteiger partial charge in [0.2, 0.25) is 6.79 Å². The van der Waals surface area contributed by atoms with Gasteiger partial charge in [-0.2, -0.15) is 0 Å². The summed E-state index contributed by atoms with van der Waals surface area (Å²) in [5.74, 6) is -1.20. The molecular formula is C16H21NO6S. The van der Waals surface area contributed by atoms with E-state index in [2.05, 4.69) is 0 Å². The number of carbonyl (C=O) groups excluding carboxylic acids is 3. The van der Waals surface area contributed by atoms with Gasteiger partial charge in [-0.05, 0) is 44.7 Å². The molecule has 1 aromatic rings. The maximum absolute atomic E-state index is 11.8. The van der Waals surface area contributed by atoms with E-state index in [4.69, 9.17) is 19.9 Å². The highest BCUT2D eigenvalue weighted by Gasteiger charge is 2.36. The van der Waals surface area contributed by atoms with E-state index in [1.807, 2.05) is 0 Å². The zero-order chi connectivity index (χ0) is 18.2. The van der Waals surface area contributed by atoms with Crippen LogP contribution < -0.4 is 5.73 Å². The monoisotopic (exact) mass is 355 g/mol. The number of thioether (sulfide) groups is 1. The van der Waals surface area contributed by atoms with Gasteiger partial charge in [-0.15, -0.1) is 0 Å². The average Bonchev–Trinajstić information content (AvgIpc) is 2.54. The molecule has 0 radical (unpaired) electrons. The van der Waals surface area contributed by atoms with Crippen molar-refractivity contribution in [1.82, 2.24) is 0 Å². The molecule has 0 saturated carbocycles. The van der Waals surface area contributed by atoms with E-state index in [0.29, 0.717) is 5.56 Å². The van der Waals surface area contributed by atoms with Crippen LogP contribution in [0.15, 0.2) is 30.3 Å². The third-order valence-electron chi connectivity index (χ3n) is 3.01. The molecule has 0 spiro atoms. The highest BCUT2D eigenvalue weighted by molar-refractivity contribution is 8.14. The van der Waals surface area contributed by atoms with Crippen molar-refractivity contribution >= 4 is 29.0 Å². The number of benzene rings is 1. The first kappa shape index (κ1) is 20.0. The van der Waals surface area contributed by atoms with Gasteiger partial charge >= 0.3 is 17.2 Å². The van der Waals surface area contributed by atoms with E-state index in [1.165, 1.54) is 0 Å². The molecule has 0 aromatic heterocycles. The van der Waals surface area contributed by atoms with Crippen LogP contribution >= 0.6 is 11.8 Å². The van der Waals surface area contributed by atoms with Gasteiger partial charge in [0, 0.05) is 4.75 Å². The molecule has 1 atom stereocenters. The Morgan fingerprint density at radius 1 is 1.12 bits per heavy atom. The maximum atomic E-state index is 11.8. The molecule has 7 nitrogen and oxygen atoms in total. The highest BCUT2D eigenvalue weighted by atomic mass is 32.2. The van der Waals surface area contributed by atoms with Crippen LogP contribution in [-0.2, 0) is 19.0 Å². The summed E-state index contributed by atoms with van der Waals surface area (Å²) in [5, 5.41) is -0.708. The van der Waals surface area contributed by atoms with Crippen molar-refractivity contribution in [1.29, 1.82) is 0 Å². The molecule has 0 aliphatic carbocycles. The van der Waals surface area contributed by atoms with E-state index < -0.39 is 34.8 Å². The zero-order valence-corrected chi connectivity index (χ0v) is 14.6. The molecule has 2 N–H and O–H groups in total. The molecule has 0 amide bonds. The summed E-state index contributed by atoms with van der Waals surface area (Å²) >= 11 is 0.733. The first-order valence-electron chi connectivity index (χ1n) is 7.28. The first-order chi connectivity index (χ1) is 11.3. The normalized spacial score (nSPS) is 12.2. The molecule has 132 valence electrons. The second kappa shape index (κ2) is 9.29. The molecule has 0 aliphatic heterocycles. The molecule has 8 heteroatoms. The summed E-state index contributed by atoms with van der Waals surface area (Å²) in [4.78, 5) is 35.1. The van der Waals surface area contributed by atoms with Crippen LogP contribution in [0.4, 0.5) is 4.79 Å². The topological polar surface area (TPSA) is 105 Å². The summed E-state index contributed by atoms with van der Waals surface area (Å²) in [5.41, 5.74) is 6.15. The van der Waals surface area contributed by atoms with Gasteiger partial charge in [0.1, 0.15) is 6.04 Å². The van der Waals surface area contributed by atoms with Crippen molar-refractivity contribution in [3.05, 3.63) is 35.9 Å². The third kappa shape index (κ3) is 6.21. The minimum Gasteiger partial charge on any atom is -0.465 e. The van der Waals surface area contributed by atoms with Crippen molar-refractivity contribution < 1.29 is 28.6 Å².